The quantitative estimate of drug-likeness (QED) is 0.728. The molecule has 0 saturated carbocycles. The lowest BCUT2D eigenvalue weighted by Crippen LogP contribution is -2.49. The Morgan fingerprint density at radius 3 is 2.43 bits per heavy atom. The van der Waals surface area contributed by atoms with Gasteiger partial charge in [0, 0.05) is 32.7 Å². The molecule has 0 unspecified atom stereocenters. The van der Waals surface area contributed by atoms with Gasteiger partial charge >= 0.3 is 0 Å². The van der Waals surface area contributed by atoms with Gasteiger partial charge in [0.2, 0.25) is 0 Å². The molecule has 0 aromatic carbocycles. The molecule has 3 rings (SSSR count). The van der Waals surface area contributed by atoms with Gasteiger partial charge in [0.1, 0.15) is 0 Å². The fraction of sp³-hybridized carbons (Fsp3) is 0.833. The van der Waals surface area contributed by atoms with Gasteiger partial charge in [-0.2, -0.15) is 0 Å². The van der Waals surface area contributed by atoms with Gasteiger partial charge in [0.05, 0.1) is 24.4 Å². The summed E-state index contributed by atoms with van der Waals surface area (Å²) in [6.45, 7) is 13.0. The van der Waals surface area contributed by atoms with Gasteiger partial charge in [-0.05, 0) is 46.7 Å². The third-order valence-electron chi connectivity index (χ3n) is 5.30. The number of piperazine rings is 1. The molecule has 1 aromatic heterocycles. The third-order valence-corrected chi connectivity index (χ3v) is 5.30. The number of halogens is 2. The van der Waals surface area contributed by atoms with Crippen LogP contribution in [-0.4, -0.2) is 89.2 Å². The van der Waals surface area contributed by atoms with Crippen LogP contribution in [0.4, 0.5) is 0 Å². The van der Waals surface area contributed by atoms with E-state index in [2.05, 4.69) is 34.4 Å². The van der Waals surface area contributed by atoms with Gasteiger partial charge < -0.3 is 15.0 Å². The number of hydrogen-bond donors (Lipinski definition) is 1. The van der Waals surface area contributed by atoms with E-state index in [4.69, 9.17) is 4.74 Å². The summed E-state index contributed by atoms with van der Waals surface area (Å²) in [6.07, 6.45) is 2.34. The van der Waals surface area contributed by atoms with E-state index in [9.17, 15) is 4.79 Å². The maximum atomic E-state index is 12.9. The molecule has 2 fully saturated rings. The fourth-order valence-corrected chi connectivity index (χ4v) is 3.68. The maximum absolute atomic E-state index is 12.9. The second-order valence-electron chi connectivity index (χ2n) is 7.50. The molecule has 2 saturated heterocycles. The van der Waals surface area contributed by atoms with Crippen LogP contribution in [0.3, 0.4) is 0 Å². The fourth-order valence-electron chi connectivity index (χ4n) is 3.68. The average molecular weight is 437 g/mol. The van der Waals surface area contributed by atoms with Crippen molar-refractivity contribution in [3.8, 4) is 0 Å². The van der Waals surface area contributed by atoms with E-state index in [1.54, 1.807) is 0 Å². The standard InChI is InChI=1S/C18H32N6O2.2ClH/c1-14(2)26-13-12-22-8-10-23(11-9-22)18(25)17-15(3)24(21-20-17)16-4-6-19-7-5-16;;/h14,16,19H,4-13H2,1-3H3;2*1H. The number of hydrogen-bond acceptors (Lipinski definition) is 6. The number of rotatable bonds is 6. The molecule has 0 radical (unpaired) electrons. The topological polar surface area (TPSA) is 75.5 Å². The van der Waals surface area contributed by atoms with Crippen molar-refractivity contribution in [1.29, 1.82) is 0 Å². The van der Waals surface area contributed by atoms with Crippen LogP contribution >= 0.6 is 24.8 Å². The second-order valence-corrected chi connectivity index (χ2v) is 7.50. The van der Waals surface area contributed by atoms with Gasteiger partial charge in [-0.3, -0.25) is 9.69 Å². The first-order chi connectivity index (χ1) is 12.6. The molecule has 3 heterocycles. The zero-order valence-corrected chi connectivity index (χ0v) is 18.7. The summed E-state index contributed by atoms with van der Waals surface area (Å²) in [6, 6.07) is 0.350. The van der Waals surface area contributed by atoms with E-state index in [0.717, 1.165) is 71.0 Å². The van der Waals surface area contributed by atoms with E-state index in [1.165, 1.54) is 0 Å². The molecule has 8 nitrogen and oxygen atoms in total. The Morgan fingerprint density at radius 2 is 1.82 bits per heavy atom. The summed E-state index contributed by atoms with van der Waals surface area (Å²) in [5.74, 6) is 0.0146. The van der Waals surface area contributed by atoms with Gasteiger partial charge in [0.25, 0.3) is 5.91 Å². The van der Waals surface area contributed by atoms with Gasteiger partial charge in [-0.25, -0.2) is 4.68 Å². The van der Waals surface area contributed by atoms with Crippen LogP contribution in [0.2, 0.25) is 0 Å². The molecule has 28 heavy (non-hydrogen) atoms. The Bertz CT molecular complexity index is 599. The molecule has 0 spiro atoms. The van der Waals surface area contributed by atoms with E-state index in [-0.39, 0.29) is 36.8 Å². The highest BCUT2D eigenvalue weighted by molar-refractivity contribution is 5.93. The molecule has 1 N–H and O–H groups in total. The van der Waals surface area contributed by atoms with E-state index < -0.39 is 0 Å². The predicted octanol–water partition coefficient (Wildman–Crippen LogP) is 1.54. The number of piperidine rings is 1. The Kier molecular flexibility index (Phi) is 10.7. The number of nitrogens with one attached hydrogen (secondary N) is 1. The Labute approximate surface area is 180 Å². The van der Waals surface area contributed by atoms with Crippen LogP contribution in [0.25, 0.3) is 0 Å². The summed E-state index contributed by atoms with van der Waals surface area (Å²) in [5.41, 5.74) is 1.41. The molecule has 0 atom stereocenters. The molecule has 10 heteroatoms. The molecule has 1 amide bonds. The summed E-state index contributed by atoms with van der Waals surface area (Å²) >= 11 is 0. The van der Waals surface area contributed by atoms with E-state index in [1.807, 2.05) is 16.5 Å². The van der Waals surface area contributed by atoms with Gasteiger partial charge in [-0.1, -0.05) is 5.21 Å². The highest BCUT2D eigenvalue weighted by Crippen LogP contribution is 2.21. The number of carbonyl (C=O) groups is 1. The number of amides is 1. The predicted molar refractivity (Wildman–Crippen MR) is 114 cm³/mol. The smallest absolute Gasteiger partial charge is 0.276 e. The van der Waals surface area contributed by atoms with Crippen molar-refractivity contribution in [1.82, 2.24) is 30.1 Å². The second kappa shape index (κ2) is 11.9. The van der Waals surface area contributed by atoms with Crippen molar-refractivity contribution in [2.24, 2.45) is 0 Å². The largest absolute Gasteiger partial charge is 0.377 e. The van der Waals surface area contributed by atoms with E-state index >= 15 is 0 Å². The number of nitrogens with zero attached hydrogens (tertiary/aromatic N) is 5. The average Bonchev–Trinajstić information content (AvgIpc) is 3.03. The SMILES string of the molecule is Cc1c(C(=O)N2CCN(CCOC(C)C)CC2)nnn1C1CCNCC1.Cl.Cl. The van der Waals surface area contributed by atoms with Crippen LogP contribution in [0.15, 0.2) is 0 Å². The summed E-state index contributed by atoms with van der Waals surface area (Å²) in [4.78, 5) is 17.1. The summed E-state index contributed by atoms with van der Waals surface area (Å²) < 4.78 is 7.57. The van der Waals surface area contributed by atoms with Crippen LogP contribution in [0.1, 0.15) is 48.9 Å². The zero-order valence-electron chi connectivity index (χ0n) is 17.1. The lowest BCUT2D eigenvalue weighted by atomic mass is 10.1. The van der Waals surface area contributed by atoms with Crippen molar-refractivity contribution in [3.05, 3.63) is 11.4 Å². The molecule has 0 aliphatic carbocycles. The normalized spacial score (nSPS) is 18.6. The molecule has 162 valence electrons. The number of carbonyl (C=O) groups excluding carboxylic acids is 1. The molecular formula is C18H34Cl2N6O2. The van der Waals surface area contributed by atoms with Crippen molar-refractivity contribution < 1.29 is 9.53 Å². The lowest BCUT2D eigenvalue weighted by Gasteiger charge is -2.34. The van der Waals surface area contributed by atoms with Crippen molar-refractivity contribution >= 4 is 30.7 Å². The minimum absolute atomic E-state index is 0. The minimum Gasteiger partial charge on any atom is -0.377 e. The number of ether oxygens (including phenoxy) is 1. The molecule has 2 aliphatic heterocycles. The van der Waals surface area contributed by atoms with Crippen LogP contribution in [0.5, 0.6) is 0 Å². The zero-order chi connectivity index (χ0) is 18.5. The molecule has 2 aliphatic rings. The molecule has 1 aromatic rings. The first-order valence-corrected chi connectivity index (χ1v) is 9.82. The monoisotopic (exact) mass is 436 g/mol. The molecule has 0 bridgehead atoms. The summed E-state index contributed by atoms with van der Waals surface area (Å²) in [5, 5.41) is 11.9. The Morgan fingerprint density at radius 1 is 1.18 bits per heavy atom. The van der Waals surface area contributed by atoms with Gasteiger partial charge in [0.15, 0.2) is 5.69 Å². The van der Waals surface area contributed by atoms with Crippen LogP contribution < -0.4 is 5.32 Å². The Balaban J connectivity index is 0.00000196. The van der Waals surface area contributed by atoms with Gasteiger partial charge in [-0.15, -0.1) is 29.9 Å². The van der Waals surface area contributed by atoms with Crippen LogP contribution in [0, 0.1) is 6.92 Å². The first kappa shape index (κ1) is 25.1. The number of aromatic nitrogens is 3. The maximum Gasteiger partial charge on any atom is 0.276 e. The highest BCUT2D eigenvalue weighted by Gasteiger charge is 2.28. The Hall–Kier alpha value is -0.930. The molecular weight excluding hydrogens is 403 g/mol. The van der Waals surface area contributed by atoms with E-state index in [0.29, 0.717) is 11.7 Å². The first-order valence-electron chi connectivity index (χ1n) is 9.82. The lowest BCUT2D eigenvalue weighted by molar-refractivity contribution is 0.0404. The minimum atomic E-state index is 0. The summed E-state index contributed by atoms with van der Waals surface area (Å²) in [7, 11) is 0. The third kappa shape index (κ3) is 6.29. The highest BCUT2D eigenvalue weighted by atomic mass is 35.5. The van der Waals surface area contributed by atoms with Crippen molar-refractivity contribution in [2.45, 2.75) is 45.8 Å². The van der Waals surface area contributed by atoms with Crippen LogP contribution in [-0.2, 0) is 4.74 Å². The van der Waals surface area contributed by atoms with Crippen molar-refractivity contribution in [3.63, 3.8) is 0 Å². The van der Waals surface area contributed by atoms with Crippen molar-refractivity contribution in [2.75, 3.05) is 52.4 Å².